The number of hydrogen-bond acceptors (Lipinski definition) is 2. The van der Waals surface area contributed by atoms with Crippen molar-refractivity contribution in [1.29, 1.82) is 0 Å². The molecule has 0 aliphatic rings. The highest BCUT2D eigenvalue weighted by molar-refractivity contribution is 5.79. The van der Waals surface area contributed by atoms with Gasteiger partial charge in [-0.2, -0.15) is 0 Å². The fourth-order valence-electron chi connectivity index (χ4n) is 1.82. The van der Waals surface area contributed by atoms with E-state index in [1.165, 1.54) is 6.21 Å². The van der Waals surface area contributed by atoms with E-state index in [-0.39, 0.29) is 0 Å². The van der Waals surface area contributed by atoms with Gasteiger partial charge in [-0.05, 0) is 17.5 Å². The smallest absolute Gasteiger partial charge is 0.200 e. The third-order valence-corrected chi connectivity index (χ3v) is 3.17. The van der Waals surface area contributed by atoms with Gasteiger partial charge in [0, 0.05) is 0 Å². The van der Waals surface area contributed by atoms with Gasteiger partial charge in [-0.25, -0.2) is 22.0 Å². The minimum Gasteiger partial charge on any atom is -0.391 e. The van der Waals surface area contributed by atoms with Crippen LogP contribution in [0, 0.1) is 29.1 Å². The van der Waals surface area contributed by atoms with Crippen LogP contribution in [0.3, 0.4) is 0 Å². The largest absolute Gasteiger partial charge is 0.391 e. The first-order valence-corrected chi connectivity index (χ1v) is 6.70. The third-order valence-electron chi connectivity index (χ3n) is 3.17. The van der Waals surface area contributed by atoms with Gasteiger partial charge in [0.1, 0.15) is 6.61 Å². The van der Waals surface area contributed by atoms with Crippen molar-refractivity contribution in [2.45, 2.75) is 20.0 Å². The quantitative estimate of drug-likeness (QED) is 0.260. The lowest BCUT2D eigenvalue weighted by Crippen LogP contribution is -2.07. The molecule has 0 heterocycles. The van der Waals surface area contributed by atoms with Crippen molar-refractivity contribution >= 4 is 6.21 Å². The molecule has 0 amide bonds. The highest BCUT2D eigenvalue weighted by Crippen LogP contribution is 2.23. The van der Waals surface area contributed by atoms with Gasteiger partial charge >= 0.3 is 0 Å². The molecule has 7 heteroatoms. The summed E-state index contributed by atoms with van der Waals surface area (Å²) in [5, 5.41) is 3.46. The molecule has 0 aliphatic carbocycles. The Morgan fingerprint density at radius 2 is 1.39 bits per heavy atom. The SMILES string of the molecule is CCc1ccc(C=NOCc2c(F)c(F)c(F)c(F)c2F)cc1. The van der Waals surface area contributed by atoms with Crippen LogP contribution >= 0.6 is 0 Å². The molecule has 0 unspecified atom stereocenters. The number of aryl methyl sites for hydroxylation is 1. The molecular formula is C16H12F5NO. The van der Waals surface area contributed by atoms with Gasteiger partial charge in [-0.1, -0.05) is 36.3 Å². The minimum atomic E-state index is -2.21. The maximum Gasteiger partial charge on any atom is 0.200 e. The molecular weight excluding hydrogens is 317 g/mol. The summed E-state index contributed by atoms with van der Waals surface area (Å²) in [6.45, 7) is 1.12. The van der Waals surface area contributed by atoms with Crippen molar-refractivity contribution < 1.29 is 26.8 Å². The standard InChI is InChI=1S/C16H12F5NO/c1-2-9-3-5-10(6-4-9)7-22-23-8-11-12(17)14(19)16(21)15(20)13(11)18/h3-7H,2,8H2,1H3. The van der Waals surface area contributed by atoms with Crippen LogP contribution in [0.2, 0.25) is 0 Å². The van der Waals surface area contributed by atoms with Crippen LogP contribution in [0.5, 0.6) is 0 Å². The molecule has 0 atom stereocenters. The average molecular weight is 329 g/mol. The highest BCUT2D eigenvalue weighted by Gasteiger charge is 2.25. The van der Waals surface area contributed by atoms with Gasteiger partial charge in [0.25, 0.3) is 0 Å². The monoisotopic (exact) mass is 329 g/mol. The van der Waals surface area contributed by atoms with Crippen molar-refractivity contribution in [3.8, 4) is 0 Å². The van der Waals surface area contributed by atoms with E-state index in [0.717, 1.165) is 12.0 Å². The minimum absolute atomic E-state index is 0.666. The molecule has 0 aromatic heterocycles. The predicted molar refractivity (Wildman–Crippen MR) is 74.4 cm³/mol. The van der Waals surface area contributed by atoms with Crippen LogP contribution in [0.15, 0.2) is 29.4 Å². The van der Waals surface area contributed by atoms with Crippen LogP contribution in [0.4, 0.5) is 22.0 Å². The number of benzene rings is 2. The zero-order chi connectivity index (χ0) is 17.0. The summed E-state index contributed by atoms with van der Waals surface area (Å²) in [6.07, 6.45) is 2.14. The summed E-state index contributed by atoms with van der Waals surface area (Å²) >= 11 is 0. The highest BCUT2D eigenvalue weighted by atomic mass is 19.2. The molecule has 0 saturated carbocycles. The Hall–Kier alpha value is -2.44. The van der Waals surface area contributed by atoms with E-state index in [9.17, 15) is 22.0 Å². The van der Waals surface area contributed by atoms with Gasteiger partial charge in [-0.3, -0.25) is 0 Å². The number of nitrogens with zero attached hydrogens (tertiary/aromatic N) is 1. The second-order valence-corrected chi connectivity index (χ2v) is 4.65. The van der Waals surface area contributed by atoms with Gasteiger partial charge in [0.05, 0.1) is 11.8 Å². The van der Waals surface area contributed by atoms with Crippen molar-refractivity contribution in [3.05, 3.63) is 70.0 Å². The Balaban J connectivity index is 2.08. The Morgan fingerprint density at radius 3 is 1.91 bits per heavy atom. The van der Waals surface area contributed by atoms with Crippen LogP contribution in [0.1, 0.15) is 23.6 Å². The van der Waals surface area contributed by atoms with Gasteiger partial charge in [0.2, 0.25) is 5.82 Å². The summed E-state index contributed by atoms with van der Waals surface area (Å²) in [5.74, 6) is -10.1. The number of hydrogen-bond donors (Lipinski definition) is 0. The first-order chi connectivity index (χ1) is 11.0. The van der Waals surface area contributed by atoms with Gasteiger partial charge in [0.15, 0.2) is 23.3 Å². The summed E-state index contributed by atoms with van der Waals surface area (Å²) in [5.41, 5.74) is 0.712. The Bertz CT molecular complexity index is 699. The third kappa shape index (κ3) is 3.67. The Kier molecular flexibility index (Phi) is 5.31. The molecule has 0 fully saturated rings. The van der Waals surface area contributed by atoms with Gasteiger partial charge < -0.3 is 4.84 Å². The second kappa shape index (κ2) is 7.21. The molecule has 0 radical (unpaired) electrons. The lowest BCUT2D eigenvalue weighted by Gasteiger charge is -2.06. The normalized spacial score (nSPS) is 11.2. The van der Waals surface area contributed by atoms with Gasteiger partial charge in [-0.15, -0.1) is 0 Å². The molecule has 0 aliphatic heterocycles. The van der Waals surface area contributed by atoms with Crippen molar-refractivity contribution in [3.63, 3.8) is 0 Å². The molecule has 0 saturated heterocycles. The molecule has 122 valence electrons. The fraction of sp³-hybridized carbons (Fsp3) is 0.188. The summed E-state index contributed by atoms with van der Waals surface area (Å²) in [6, 6.07) is 7.24. The van der Waals surface area contributed by atoms with E-state index in [1.54, 1.807) is 12.1 Å². The number of rotatable bonds is 5. The van der Waals surface area contributed by atoms with Crippen LogP contribution in [0.25, 0.3) is 0 Å². The molecule has 2 aromatic carbocycles. The van der Waals surface area contributed by atoms with E-state index >= 15 is 0 Å². The second-order valence-electron chi connectivity index (χ2n) is 4.65. The van der Waals surface area contributed by atoms with Crippen molar-refractivity contribution in [1.82, 2.24) is 0 Å². The summed E-state index contributed by atoms with van der Waals surface area (Å²) < 4.78 is 65.6. The Morgan fingerprint density at radius 1 is 0.870 bits per heavy atom. The molecule has 23 heavy (non-hydrogen) atoms. The van der Waals surface area contributed by atoms with Crippen LogP contribution in [-0.2, 0) is 17.9 Å². The molecule has 2 nitrogen and oxygen atoms in total. The lowest BCUT2D eigenvalue weighted by atomic mass is 10.1. The first kappa shape index (κ1) is 16.9. The predicted octanol–water partition coefficient (Wildman–Crippen LogP) is 4.50. The van der Waals surface area contributed by atoms with Crippen molar-refractivity contribution in [2.75, 3.05) is 0 Å². The zero-order valence-corrected chi connectivity index (χ0v) is 12.0. The molecule has 2 rings (SSSR count). The number of halogens is 5. The van der Waals surface area contributed by atoms with Crippen LogP contribution < -0.4 is 0 Å². The number of oxime groups is 1. The molecule has 0 N–H and O–H groups in total. The van der Waals surface area contributed by atoms with Crippen LogP contribution in [-0.4, -0.2) is 6.21 Å². The molecule has 0 bridgehead atoms. The summed E-state index contributed by atoms with van der Waals surface area (Å²) in [7, 11) is 0. The summed E-state index contributed by atoms with van der Waals surface area (Å²) in [4.78, 5) is 4.63. The molecule has 2 aromatic rings. The van der Waals surface area contributed by atoms with E-state index in [1.807, 2.05) is 19.1 Å². The average Bonchev–Trinajstić information content (AvgIpc) is 2.58. The fourth-order valence-corrected chi connectivity index (χ4v) is 1.82. The van der Waals surface area contributed by atoms with E-state index in [2.05, 4.69) is 9.99 Å². The maximum absolute atomic E-state index is 13.4. The van der Waals surface area contributed by atoms with Crippen molar-refractivity contribution in [2.24, 2.45) is 5.16 Å². The topological polar surface area (TPSA) is 21.6 Å². The maximum atomic E-state index is 13.4. The van der Waals surface area contributed by atoms with E-state index in [0.29, 0.717) is 5.56 Å². The molecule has 0 spiro atoms. The Labute approximate surface area is 129 Å². The first-order valence-electron chi connectivity index (χ1n) is 6.70. The van der Waals surface area contributed by atoms with E-state index in [4.69, 9.17) is 0 Å². The van der Waals surface area contributed by atoms with E-state index < -0.39 is 41.3 Å². The lowest BCUT2D eigenvalue weighted by molar-refractivity contribution is 0.124. The zero-order valence-electron chi connectivity index (χ0n) is 12.0.